The van der Waals surface area contributed by atoms with Crippen LogP contribution < -0.4 is 10.6 Å². The predicted molar refractivity (Wildman–Crippen MR) is 113 cm³/mol. The van der Waals surface area contributed by atoms with E-state index in [0.29, 0.717) is 11.6 Å². The Morgan fingerprint density at radius 1 is 1.32 bits per heavy atom. The summed E-state index contributed by atoms with van der Waals surface area (Å²) in [5.41, 5.74) is 4.15. The highest BCUT2D eigenvalue weighted by Gasteiger charge is 2.24. The number of aryl methyl sites for hydroxylation is 1. The monoisotopic (exact) mass is 397 g/mol. The second-order valence-corrected chi connectivity index (χ2v) is 7.27. The van der Waals surface area contributed by atoms with Gasteiger partial charge < -0.3 is 15.2 Å². The molecule has 28 heavy (non-hydrogen) atoms. The quantitative estimate of drug-likeness (QED) is 0.412. The molecule has 0 radical (unpaired) electrons. The van der Waals surface area contributed by atoms with Crippen molar-refractivity contribution in [2.24, 2.45) is 4.99 Å². The van der Waals surface area contributed by atoms with Gasteiger partial charge in [-0.1, -0.05) is 6.07 Å². The van der Waals surface area contributed by atoms with Gasteiger partial charge in [0, 0.05) is 42.2 Å². The molecule has 2 N–H and O–H groups in total. The van der Waals surface area contributed by atoms with Crippen LogP contribution in [0.25, 0.3) is 17.0 Å². The van der Waals surface area contributed by atoms with Crippen molar-refractivity contribution in [3.63, 3.8) is 0 Å². The van der Waals surface area contributed by atoms with Gasteiger partial charge in [0.25, 0.3) is 5.91 Å². The average Bonchev–Trinajstić information content (AvgIpc) is 3.31. The van der Waals surface area contributed by atoms with Crippen LogP contribution in [0.5, 0.6) is 0 Å². The number of amides is 2. The minimum Gasteiger partial charge on any atom is -0.349 e. The maximum Gasteiger partial charge on any atom is 0.251 e. The molecule has 1 aromatic carbocycles. The Balaban J connectivity index is 1.81. The maximum atomic E-state index is 12.3. The Morgan fingerprint density at radius 3 is 2.75 bits per heavy atom. The van der Waals surface area contributed by atoms with E-state index < -0.39 is 0 Å². The minimum atomic E-state index is -0.231. The van der Waals surface area contributed by atoms with Crippen LogP contribution in [0.2, 0.25) is 0 Å². The van der Waals surface area contributed by atoms with E-state index in [4.69, 9.17) is 0 Å². The van der Waals surface area contributed by atoms with Gasteiger partial charge in [0.2, 0.25) is 5.91 Å². The smallest absolute Gasteiger partial charge is 0.251 e. The normalized spacial score (nSPS) is 14.7. The molecule has 8 heteroatoms. The number of rotatable bonds is 5. The fourth-order valence-electron chi connectivity index (χ4n) is 2.60. The summed E-state index contributed by atoms with van der Waals surface area (Å²) in [5, 5.41) is 5.72. The lowest BCUT2D eigenvalue weighted by atomic mass is 10.0. The third-order valence-corrected chi connectivity index (χ3v) is 4.57. The molecule has 0 atom stereocenters. The Labute approximate surface area is 169 Å². The van der Waals surface area contributed by atoms with E-state index in [1.54, 1.807) is 12.5 Å². The van der Waals surface area contributed by atoms with E-state index in [1.807, 2.05) is 42.8 Å². The van der Waals surface area contributed by atoms with Crippen molar-refractivity contribution >= 4 is 35.3 Å². The maximum absolute atomic E-state index is 12.3. The Bertz CT molecular complexity index is 973. The zero-order valence-corrected chi connectivity index (χ0v) is 17.0. The van der Waals surface area contributed by atoms with Gasteiger partial charge in [-0.25, -0.2) is 9.98 Å². The molecular weight excluding hydrogens is 374 g/mol. The highest BCUT2D eigenvalue weighted by Crippen LogP contribution is 2.25. The molecule has 2 amide bonds. The van der Waals surface area contributed by atoms with E-state index in [1.165, 1.54) is 6.92 Å². The van der Waals surface area contributed by atoms with Crippen molar-refractivity contribution in [1.82, 2.24) is 20.2 Å². The van der Waals surface area contributed by atoms with Crippen molar-refractivity contribution < 1.29 is 9.59 Å². The molecule has 0 unspecified atom stereocenters. The molecule has 2 aromatic rings. The number of thiol groups is 1. The molecule has 0 spiro atoms. The summed E-state index contributed by atoms with van der Waals surface area (Å²) in [6.07, 6.45) is 7.26. The molecule has 0 aliphatic heterocycles. The molecule has 1 aliphatic carbocycles. The first kappa shape index (κ1) is 19.9. The number of nitrogens with one attached hydrogen (secondary N) is 2. The summed E-state index contributed by atoms with van der Waals surface area (Å²) in [5.74, 6) is -0.279. The summed E-state index contributed by atoms with van der Waals surface area (Å²) in [7, 11) is 0. The molecule has 3 rings (SSSR count). The minimum absolute atomic E-state index is 0.0483. The van der Waals surface area contributed by atoms with Gasteiger partial charge in [-0.3, -0.25) is 9.59 Å². The van der Waals surface area contributed by atoms with E-state index in [9.17, 15) is 9.59 Å². The summed E-state index contributed by atoms with van der Waals surface area (Å²) in [4.78, 5) is 31.9. The van der Waals surface area contributed by atoms with Crippen LogP contribution in [0.3, 0.4) is 0 Å². The first-order valence-electron chi connectivity index (χ1n) is 9.01. The second kappa shape index (κ2) is 8.43. The van der Waals surface area contributed by atoms with E-state index in [-0.39, 0.29) is 17.0 Å². The Kier molecular flexibility index (Phi) is 5.99. The standard InChI is InChI=1S/C20H23N5O2S/c1-12-4-5-15(19(27)24-16-6-7-16)8-17(12)18-10-25(11-22-18)13(2)9-21-20(28)23-14(3)26/h4-5,8-11,16H,6-7H2,1-3H3,(H,24,27)(H2,21,23,26,28)/b13-9+. The summed E-state index contributed by atoms with van der Waals surface area (Å²) < 4.78 is 1.82. The number of imidazole rings is 1. The molecule has 1 fully saturated rings. The third-order valence-electron chi connectivity index (χ3n) is 4.34. The number of amidine groups is 1. The lowest BCUT2D eigenvalue weighted by Crippen LogP contribution is -2.25. The third kappa shape index (κ3) is 5.10. The van der Waals surface area contributed by atoms with Crippen molar-refractivity contribution in [2.75, 3.05) is 0 Å². The fourth-order valence-corrected chi connectivity index (χ4v) is 2.82. The van der Waals surface area contributed by atoms with Crippen LogP contribution in [-0.2, 0) is 4.79 Å². The molecule has 1 aliphatic rings. The summed E-state index contributed by atoms with van der Waals surface area (Å²) in [6, 6.07) is 5.96. The topological polar surface area (TPSA) is 88.4 Å². The van der Waals surface area contributed by atoms with Crippen LogP contribution in [0.4, 0.5) is 0 Å². The van der Waals surface area contributed by atoms with Gasteiger partial charge >= 0.3 is 0 Å². The molecule has 1 heterocycles. The number of aromatic nitrogens is 2. The van der Waals surface area contributed by atoms with Crippen molar-refractivity contribution in [3.05, 3.63) is 48.1 Å². The SMILES string of the molecule is CC(=O)N/C(S)=N/C=C(\C)n1cnc(-c2cc(C(=O)NC3CC3)ccc2C)c1. The van der Waals surface area contributed by atoms with Crippen LogP contribution in [0.15, 0.2) is 41.9 Å². The number of hydrogen-bond acceptors (Lipinski definition) is 4. The number of nitrogens with zero attached hydrogens (tertiary/aromatic N) is 3. The van der Waals surface area contributed by atoms with Crippen molar-refractivity contribution in [1.29, 1.82) is 0 Å². The first-order chi connectivity index (χ1) is 13.3. The number of aliphatic imine (C=N–C) groups is 1. The molecule has 0 saturated heterocycles. The average molecular weight is 398 g/mol. The van der Waals surface area contributed by atoms with Gasteiger partial charge in [0.15, 0.2) is 5.17 Å². The van der Waals surface area contributed by atoms with Crippen LogP contribution in [-0.4, -0.2) is 32.6 Å². The molecule has 0 bridgehead atoms. The van der Waals surface area contributed by atoms with Crippen LogP contribution in [0.1, 0.15) is 42.6 Å². The van der Waals surface area contributed by atoms with Gasteiger partial charge in [0.1, 0.15) is 0 Å². The summed E-state index contributed by atoms with van der Waals surface area (Å²) in [6.45, 7) is 5.26. The largest absolute Gasteiger partial charge is 0.349 e. The molecular formula is C20H23N5O2S. The van der Waals surface area contributed by atoms with Gasteiger partial charge in [-0.05, 0) is 44.4 Å². The van der Waals surface area contributed by atoms with Crippen molar-refractivity contribution in [2.45, 2.75) is 39.7 Å². The van der Waals surface area contributed by atoms with E-state index in [0.717, 1.165) is 35.4 Å². The first-order valence-corrected chi connectivity index (χ1v) is 9.45. The zero-order chi connectivity index (χ0) is 20.3. The molecule has 7 nitrogen and oxygen atoms in total. The molecule has 1 aromatic heterocycles. The van der Waals surface area contributed by atoms with Crippen molar-refractivity contribution in [3.8, 4) is 11.3 Å². The lowest BCUT2D eigenvalue weighted by molar-refractivity contribution is -0.117. The van der Waals surface area contributed by atoms with Gasteiger partial charge in [-0.15, -0.1) is 12.6 Å². The second-order valence-electron chi connectivity index (χ2n) is 6.85. The molecule has 1 saturated carbocycles. The van der Waals surface area contributed by atoms with Gasteiger partial charge in [-0.2, -0.15) is 0 Å². The summed E-state index contributed by atoms with van der Waals surface area (Å²) >= 11 is 4.10. The zero-order valence-electron chi connectivity index (χ0n) is 16.1. The van der Waals surface area contributed by atoms with Crippen LogP contribution in [0, 0.1) is 6.92 Å². The number of hydrogen-bond donors (Lipinski definition) is 3. The number of allylic oxidation sites excluding steroid dienone is 1. The highest BCUT2D eigenvalue weighted by molar-refractivity contribution is 7.96. The Morgan fingerprint density at radius 2 is 2.07 bits per heavy atom. The lowest BCUT2D eigenvalue weighted by Gasteiger charge is -2.08. The Hall–Kier alpha value is -2.87. The fraction of sp³-hybridized carbons (Fsp3) is 0.300. The molecule has 146 valence electrons. The van der Waals surface area contributed by atoms with E-state index in [2.05, 4.69) is 33.2 Å². The predicted octanol–water partition coefficient (Wildman–Crippen LogP) is 2.99. The van der Waals surface area contributed by atoms with E-state index >= 15 is 0 Å². The number of carbonyl (C=O) groups is 2. The number of carbonyl (C=O) groups excluding carboxylic acids is 2. The highest BCUT2D eigenvalue weighted by atomic mass is 32.1. The van der Waals surface area contributed by atoms with Crippen LogP contribution >= 0.6 is 12.6 Å². The number of benzene rings is 1. The van der Waals surface area contributed by atoms with Gasteiger partial charge in [0.05, 0.1) is 12.0 Å².